The second kappa shape index (κ2) is 25.9. The normalized spacial score (nSPS) is 5.89. The first-order valence-electron chi connectivity index (χ1n) is 3.40. The van der Waals surface area contributed by atoms with Crippen molar-refractivity contribution < 1.29 is 0 Å². The molecule has 0 radical (unpaired) electrons. The van der Waals surface area contributed by atoms with E-state index in [9.17, 15) is 0 Å². The highest BCUT2D eigenvalue weighted by atomic mass is 13.8. The van der Waals surface area contributed by atoms with Crippen LogP contribution < -0.4 is 0 Å². The molecule has 0 unspecified atom stereocenters. The molecule has 56 valence electrons. The quantitative estimate of drug-likeness (QED) is 0.473. The van der Waals surface area contributed by atoms with Crippen LogP contribution in [0.15, 0.2) is 25.8 Å². The number of hydrogen-bond acceptors (Lipinski definition) is 0. The third kappa shape index (κ3) is 103. The van der Waals surface area contributed by atoms with Crippen molar-refractivity contribution >= 4 is 0 Å². The molecule has 0 amide bonds. The van der Waals surface area contributed by atoms with Crippen LogP contribution in [0.2, 0.25) is 0 Å². The van der Waals surface area contributed by atoms with E-state index >= 15 is 0 Å². The second-order valence-corrected chi connectivity index (χ2v) is 1.48. The Kier molecular flexibility index (Phi) is 45.5. The average molecular weight is 128 g/mol. The Balaban J connectivity index is -0.0000000771. The summed E-state index contributed by atoms with van der Waals surface area (Å²) in [5, 5.41) is 0. The van der Waals surface area contributed by atoms with Crippen LogP contribution in [-0.4, -0.2) is 0 Å². The molecule has 0 N–H and O–H groups in total. The zero-order chi connectivity index (χ0) is 8.28. The lowest BCUT2D eigenvalue weighted by atomic mass is 10.2. The van der Waals surface area contributed by atoms with Gasteiger partial charge in [0, 0.05) is 0 Å². The zero-order valence-corrected chi connectivity index (χ0v) is 7.28. The molecule has 0 nitrogen and oxygen atoms in total. The van der Waals surface area contributed by atoms with Gasteiger partial charge in [-0.15, -0.1) is 19.7 Å². The van der Waals surface area contributed by atoms with E-state index in [0.29, 0.717) is 5.92 Å². The van der Waals surface area contributed by atoms with E-state index in [0.717, 1.165) is 0 Å². The first-order valence-corrected chi connectivity index (χ1v) is 3.40. The van der Waals surface area contributed by atoms with E-state index < -0.39 is 0 Å². The highest BCUT2D eigenvalue weighted by Gasteiger charge is 1.73. The maximum absolute atomic E-state index is 3.56. The number of rotatable bonds is 1. The Morgan fingerprint density at radius 2 is 1.22 bits per heavy atom. The average Bonchev–Trinajstić information content (AvgIpc) is 1.97. The van der Waals surface area contributed by atoms with Gasteiger partial charge >= 0.3 is 0 Å². The van der Waals surface area contributed by atoms with Gasteiger partial charge in [-0.1, -0.05) is 33.8 Å². The van der Waals surface area contributed by atoms with Gasteiger partial charge in [0.2, 0.25) is 0 Å². The molecule has 0 aromatic carbocycles. The van der Waals surface area contributed by atoms with Gasteiger partial charge in [0.25, 0.3) is 0 Å². The summed E-state index contributed by atoms with van der Waals surface area (Å²) < 4.78 is 0. The molecule has 0 spiro atoms. The molecule has 0 saturated heterocycles. The van der Waals surface area contributed by atoms with Crippen molar-refractivity contribution in [3.63, 3.8) is 0 Å². The Morgan fingerprint density at radius 1 is 1.11 bits per heavy atom. The maximum atomic E-state index is 3.56. The molecule has 0 aliphatic rings. The van der Waals surface area contributed by atoms with Crippen molar-refractivity contribution in [3.8, 4) is 0 Å². The van der Waals surface area contributed by atoms with E-state index in [4.69, 9.17) is 0 Å². The van der Waals surface area contributed by atoms with Gasteiger partial charge < -0.3 is 0 Å². The highest BCUT2D eigenvalue weighted by molar-refractivity contribution is 4.69. The molecule has 0 rings (SSSR count). The summed E-state index contributed by atoms with van der Waals surface area (Å²) in [4.78, 5) is 0. The molecule has 0 aliphatic carbocycles. The van der Waals surface area contributed by atoms with Crippen LogP contribution >= 0.6 is 0 Å². The SMILES string of the molecule is C=C.C=CC(C)C.CC. The molecule has 0 fully saturated rings. The van der Waals surface area contributed by atoms with E-state index in [1.54, 1.807) is 0 Å². The van der Waals surface area contributed by atoms with Crippen molar-refractivity contribution in [2.75, 3.05) is 0 Å². The van der Waals surface area contributed by atoms with E-state index in [1.807, 2.05) is 19.9 Å². The highest BCUT2D eigenvalue weighted by Crippen LogP contribution is 1.87. The predicted octanol–water partition coefficient (Wildman–Crippen LogP) is 3.66. The standard InChI is InChI=1S/C5H10.C2H6.C2H4/c1-4-5(2)3;2*1-2/h4-5H,1H2,2-3H3;1-2H3;1-2H2. The smallest absolute Gasteiger partial charge is 0.0293 e. The van der Waals surface area contributed by atoms with Gasteiger partial charge in [-0.2, -0.15) is 0 Å². The summed E-state index contributed by atoms with van der Waals surface area (Å²) in [6.45, 7) is 17.8. The maximum Gasteiger partial charge on any atom is -0.0293 e. The van der Waals surface area contributed by atoms with Crippen LogP contribution in [0.4, 0.5) is 0 Å². The van der Waals surface area contributed by atoms with Gasteiger partial charge in [-0.3, -0.25) is 0 Å². The third-order valence-electron chi connectivity index (χ3n) is 0.471. The molecule has 0 atom stereocenters. The van der Waals surface area contributed by atoms with Gasteiger partial charge in [0.1, 0.15) is 0 Å². The molecule has 0 aliphatic heterocycles. The first-order chi connectivity index (χ1) is 4.27. The molecule has 9 heavy (non-hydrogen) atoms. The molecule has 0 aromatic rings. The van der Waals surface area contributed by atoms with E-state index in [2.05, 4.69) is 33.6 Å². The lowest BCUT2D eigenvalue weighted by Gasteiger charge is -1.84. The summed E-state index contributed by atoms with van der Waals surface area (Å²) in [7, 11) is 0. The summed E-state index contributed by atoms with van der Waals surface area (Å²) in [5.74, 6) is 0.648. The fourth-order valence-electron chi connectivity index (χ4n) is 0. The minimum atomic E-state index is 0.648. The minimum absolute atomic E-state index is 0.648. The molecule has 0 heterocycles. The molecule has 0 heteroatoms. The molecule has 0 aromatic heterocycles. The van der Waals surface area contributed by atoms with Crippen LogP contribution in [0.5, 0.6) is 0 Å². The Labute approximate surface area is 60.3 Å². The van der Waals surface area contributed by atoms with E-state index in [-0.39, 0.29) is 0 Å². The number of allylic oxidation sites excluding steroid dienone is 1. The minimum Gasteiger partial charge on any atom is -0.106 e. The Morgan fingerprint density at radius 3 is 1.22 bits per heavy atom. The summed E-state index contributed by atoms with van der Waals surface area (Å²) >= 11 is 0. The van der Waals surface area contributed by atoms with Crippen molar-refractivity contribution in [2.45, 2.75) is 27.7 Å². The van der Waals surface area contributed by atoms with Crippen LogP contribution in [0.3, 0.4) is 0 Å². The summed E-state index contributed by atoms with van der Waals surface area (Å²) in [5.41, 5.74) is 0. The van der Waals surface area contributed by atoms with Crippen molar-refractivity contribution in [3.05, 3.63) is 25.8 Å². The van der Waals surface area contributed by atoms with Gasteiger partial charge in [-0.25, -0.2) is 0 Å². The molecule has 0 saturated carbocycles. The van der Waals surface area contributed by atoms with Crippen molar-refractivity contribution in [1.29, 1.82) is 0 Å². The van der Waals surface area contributed by atoms with Gasteiger partial charge in [0.05, 0.1) is 0 Å². The second-order valence-electron chi connectivity index (χ2n) is 1.48. The predicted molar refractivity (Wildman–Crippen MR) is 47.6 cm³/mol. The fraction of sp³-hybridized carbons (Fsp3) is 0.556. The van der Waals surface area contributed by atoms with E-state index in [1.165, 1.54) is 0 Å². The van der Waals surface area contributed by atoms with Crippen LogP contribution in [-0.2, 0) is 0 Å². The lowest BCUT2D eigenvalue weighted by Crippen LogP contribution is -1.71. The zero-order valence-electron chi connectivity index (χ0n) is 7.28. The molecular weight excluding hydrogens is 108 g/mol. The van der Waals surface area contributed by atoms with Crippen molar-refractivity contribution in [1.82, 2.24) is 0 Å². The topological polar surface area (TPSA) is 0 Å². The van der Waals surface area contributed by atoms with Gasteiger partial charge in [-0.05, 0) is 5.92 Å². The van der Waals surface area contributed by atoms with Crippen LogP contribution in [0.1, 0.15) is 27.7 Å². The molecule has 0 bridgehead atoms. The van der Waals surface area contributed by atoms with Crippen molar-refractivity contribution in [2.24, 2.45) is 5.92 Å². The molecular formula is C9H20. The fourth-order valence-corrected chi connectivity index (χ4v) is 0. The monoisotopic (exact) mass is 128 g/mol. The number of hydrogen-bond donors (Lipinski definition) is 0. The largest absolute Gasteiger partial charge is 0.106 e. The Bertz CT molecular complexity index is 35.3. The van der Waals surface area contributed by atoms with Crippen LogP contribution in [0, 0.1) is 5.92 Å². The first kappa shape index (κ1) is 15.8. The lowest BCUT2D eigenvalue weighted by molar-refractivity contribution is 0.835. The Hall–Kier alpha value is -0.520. The summed E-state index contributed by atoms with van der Waals surface area (Å²) in [6.07, 6.45) is 1.92. The van der Waals surface area contributed by atoms with Gasteiger partial charge in [0.15, 0.2) is 0 Å². The van der Waals surface area contributed by atoms with Crippen LogP contribution in [0.25, 0.3) is 0 Å². The summed E-state index contributed by atoms with van der Waals surface area (Å²) in [6, 6.07) is 0. The third-order valence-corrected chi connectivity index (χ3v) is 0.471.